The second-order valence-electron chi connectivity index (χ2n) is 7.42. The number of benzene rings is 2. The summed E-state index contributed by atoms with van der Waals surface area (Å²) in [4.78, 5) is 14.6. The predicted octanol–water partition coefficient (Wildman–Crippen LogP) is 5.65. The van der Waals surface area contributed by atoms with Gasteiger partial charge in [-0.05, 0) is 61.1 Å². The van der Waals surface area contributed by atoms with Crippen molar-refractivity contribution in [2.24, 2.45) is 0 Å². The molecule has 1 aromatic heterocycles. The van der Waals surface area contributed by atoms with Crippen LogP contribution in [-0.2, 0) is 19.4 Å². The van der Waals surface area contributed by atoms with Gasteiger partial charge in [0.05, 0.1) is 25.5 Å². The fourth-order valence-corrected chi connectivity index (χ4v) is 5.14. The van der Waals surface area contributed by atoms with E-state index in [1.54, 1.807) is 49.8 Å². The summed E-state index contributed by atoms with van der Waals surface area (Å²) in [6.07, 6.45) is 4.05. The lowest BCUT2D eigenvalue weighted by Gasteiger charge is -2.15. The molecule has 1 amide bonds. The van der Waals surface area contributed by atoms with Crippen molar-refractivity contribution < 1.29 is 18.7 Å². The number of carbonyl (C=O) groups excluding carboxylic acids is 1. The number of methoxy groups -OCH3 is 2. The third kappa shape index (κ3) is 4.66. The normalized spacial score (nSPS) is 12.7. The number of halogens is 1. The average molecular weight is 441 g/mol. The van der Waals surface area contributed by atoms with Gasteiger partial charge in [-0.1, -0.05) is 12.1 Å². The fraction of sp³-hybridized carbons (Fsp3) is 0.292. The lowest BCUT2D eigenvalue weighted by molar-refractivity contribution is 0.102. The van der Waals surface area contributed by atoms with Crippen molar-refractivity contribution in [2.45, 2.75) is 32.2 Å². The van der Waals surface area contributed by atoms with Crippen LogP contribution >= 0.6 is 11.3 Å². The second kappa shape index (κ2) is 9.39. The molecule has 2 aromatic carbocycles. The van der Waals surface area contributed by atoms with Crippen LogP contribution in [0.2, 0.25) is 0 Å². The molecule has 0 atom stereocenters. The van der Waals surface area contributed by atoms with Crippen molar-refractivity contribution in [2.75, 3.05) is 24.9 Å². The van der Waals surface area contributed by atoms with E-state index in [9.17, 15) is 9.18 Å². The quantitative estimate of drug-likeness (QED) is 0.499. The molecule has 0 unspecified atom stereocenters. The van der Waals surface area contributed by atoms with Gasteiger partial charge >= 0.3 is 0 Å². The van der Waals surface area contributed by atoms with E-state index >= 15 is 0 Å². The minimum Gasteiger partial charge on any atom is -0.497 e. The first-order chi connectivity index (χ1) is 15.1. The highest BCUT2D eigenvalue weighted by atomic mass is 32.1. The molecule has 1 aliphatic carbocycles. The molecule has 0 aliphatic heterocycles. The number of amides is 1. The first-order valence-electron chi connectivity index (χ1n) is 10.2. The fourth-order valence-electron chi connectivity index (χ4n) is 3.86. The molecule has 4 rings (SSSR count). The molecule has 0 spiro atoms. The zero-order valence-corrected chi connectivity index (χ0v) is 18.4. The van der Waals surface area contributed by atoms with Gasteiger partial charge in [-0.15, -0.1) is 11.3 Å². The van der Waals surface area contributed by atoms with Crippen LogP contribution in [0.4, 0.5) is 15.1 Å². The zero-order chi connectivity index (χ0) is 21.8. The van der Waals surface area contributed by atoms with Crippen LogP contribution in [0.3, 0.4) is 0 Å². The summed E-state index contributed by atoms with van der Waals surface area (Å²) in [6.45, 7) is 0.444. The molecule has 0 saturated heterocycles. The van der Waals surface area contributed by atoms with Crippen molar-refractivity contribution in [3.8, 4) is 11.5 Å². The Bertz CT molecular complexity index is 1100. The molecular formula is C24H25FN2O3S. The lowest BCUT2D eigenvalue weighted by Crippen LogP contribution is -2.17. The number of ether oxygens (including phenoxy) is 2. The average Bonchev–Trinajstić information content (AvgIpc) is 3.16. The van der Waals surface area contributed by atoms with E-state index in [4.69, 9.17) is 9.47 Å². The zero-order valence-electron chi connectivity index (χ0n) is 17.6. The smallest absolute Gasteiger partial charge is 0.259 e. The molecule has 0 fully saturated rings. The van der Waals surface area contributed by atoms with Gasteiger partial charge < -0.3 is 20.1 Å². The number of thiophene rings is 1. The predicted molar refractivity (Wildman–Crippen MR) is 122 cm³/mol. The number of aryl methyl sites for hydroxylation is 1. The second-order valence-corrected chi connectivity index (χ2v) is 8.52. The summed E-state index contributed by atoms with van der Waals surface area (Å²) in [7, 11) is 3.15. The topological polar surface area (TPSA) is 59.6 Å². The molecule has 1 aliphatic rings. The van der Waals surface area contributed by atoms with E-state index in [1.807, 2.05) is 6.07 Å². The standard InChI is InChI=1S/C24H25FN2O3S/c1-29-17-10-11-20(30-2)19(13-17)27-23(28)22-18-8-3-4-9-21(18)31-24(22)26-14-15-6-5-7-16(25)12-15/h5-7,10-13,26H,3-4,8-9,14H2,1-2H3,(H,27,28). The molecule has 5 nitrogen and oxygen atoms in total. The number of fused-ring (bicyclic) bond motifs is 1. The summed E-state index contributed by atoms with van der Waals surface area (Å²) in [5.41, 5.74) is 3.16. The van der Waals surface area contributed by atoms with Gasteiger partial charge in [0.15, 0.2) is 0 Å². The maximum absolute atomic E-state index is 13.6. The van der Waals surface area contributed by atoms with Crippen LogP contribution in [0.25, 0.3) is 0 Å². The summed E-state index contributed by atoms with van der Waals surface area (Å²) < 4.78 is 24.2. The maximum atomic E-state index is 13.6. The number of anilines is 2. The highest BCUT2D eigenvalue weighted by Gasteiger charge is 2.26. The molecular weight excluding hydrogens is 415 g/mol. The minimum atomic E-state index is -0.270. The number of hydrogen-bond donors (Lipinski definition) is 2. The molecule has 2 N–H and O–H groups in total. The first-order valence-corrected chi connectivity index (χ1v) is 11.1. The number of rotatable bonds is 7. The van der Waals surface area contributed by atoms with Crippen molar-refractivity contribution in [3.05, 3.63) is 69.8 Å². The Morgan fingerprint density at radius 3 is 2.71 bits per heavy atom. The molecule has 0 bridgehead atoms. The summed E-state index contributed by atoms with van der Waals surface area (Å²) in [5.74, 6) is 0.737. The van der Waals surface area contributed by atoms with Crippen LogP contribution in [0, 0.1) is 5.82 Å². The lowest BCUT2D eigenvalue weighted by atomic mass is 9.95. The Hall–Kier alpha value is -3.06. The van der Waals surface area contributed by atoms with E-state index in [0.29, 0.717) is 29.3 Å². The Kier molecular flexibility index (Phi) is 6.42. The summed E-state index contributed by atoms with van der Waals surface area (Å²) >= 11 is 1.62. The van der Waals surface area contributed by atoms with Gasteiger partial charge in [0, 0.05) is 17.5 Å². The molecule has 3 aromatic rings. The van der Waals surface area contributed by atoms with Gasteiger partial charge in [0.1, 0.15) is 22.3 Å². The SMILES string of the molecule is COc1ccc(OC)c(NC(=O)c2c(NCc3cccc(F)c3)sc3c2CCCC3)c1. The highest BCUT2D eigenvalue weighted by molar-refractivity contribution is 7.16. The number of carbonyl (C=O) groups is 1. The molecule has 31 heavy (non-hydrogen) atoms. The van der Waals surface area contributed by atoms with Crippen molar-refractivity contribution >= 4 is 27.9 Å². The van der Waals surface area contributed by atoms with Crippen LogP contribution in [0.15, 0.2) is 42.5 Å². The van der Waals surface area contributed by atoms with Gasteiger partial charge in [0.2, 0.25) is 0 Å². The Morgan fingerprint density at radius 2 is 1.94 bits per heavy atom. The van der Waals surface area contributed by atoms with E-state index < -0.39 is 0 Å². The van der Waals surface area contributed by atoms with Crippen LogP contribution in [0.5, 0.6) is 11.5 Å². The van der Waals surface area contributed by atoms with Crippen molar-refractivity contribution in [1.82, 2.24) is 0 Å². The Labute approximate surface area is 185 Å². The van der Waals surface area contributed by atoms with Crippen LogP contribution in [0.1, 0.15) is 39.2 Å². The van der Waals surface area contributed by atoms with E-state index in [0.717, 1.165) is 41.8 Å². The third-order valence-corrected chi connectivity index (χ3v) is 6.64. The van der Waals surface area contributed by atoms with E-state index in [2.05, 4.69) is 10.6 Å². The van der Waals surface area contributed by atoms with Gasteiger partial charge in [-0.25, -0.2) is 4.39 Å². The largest absolute Gasteiger partial charge is 0.497 e. The van der Waals surface area contributed by atoms with Gasteiger partial charge in [-0.2, -0.15) is 0 Å². The molecule has 162 valence electrons. The monoisotopic (exact) mass is 440 g/mol. The van der Waals surface area contributed by atoms with Gasteiger partial charge in [-0.3, -0.25) is 4.79 Å². The van der Waals surface area contributed by atoms with E-state index in [1.165, 1.54) is 17.0 Å². The first kappa shape index (κ1) is 21.2. The van der Waals surface area contributed by atoms with Crippen molar-refractivity contribution in [3.63, 3.8) is 0 Å². The minimum absolute atomic E-state index is 0.187. The van der Waals surface area contributed by atoms with Crippen molar-refractivity contribution in [1.29, 1.82) is 0 Å². The third-order valence-electron chi connectivity index (χ3n) is 5.40. The number of nitrogens with one attached hydrogen (secondary N) is 2. The molecule has 0 radical (unpaired) electrons. The highest BCUT2D eigenvalue weighted by Crippen LogP contribution is 2.39. The Balaban J connectivity index is 1.63. The molecule has 0 saturated carbocycles. The molecule has 1 heterocycles. The van der Waals surface area contributed by atoms with Crippen LogP contribution < -0.4 is 20.1 Å². The summed E-state index contributed by atoms with van der Waals surface area (Å²) in [5, 5.41) is 7.18. The maximum Gasteiger partial charge on any atom is 0.259 e. The van der Waals surface area contributed by atoms with Gasteiger partial charge in [0.25, 0.3) is 5.91 Å². The summed E-state index contributed by atoms with van der Waals surface area (Å²) in [6, 6.07) is 11.8. The number of hydrogen-bond acceptors (Lipinski definition) is 5. The molecule has 7 heteroatoms. The van der Waals surface area contributed by atoms with E-state index in [-0.39, 0.29) is 11.7 Å². The Morgan fingerprint density at radius 1 is 1.10 bits per heavy atom. The van der Waals surface area contributed by atoms with Crippen LogP contribution in [-0.4, -0.2) is 20.1 Å².